The topological polar surface area (TPSA) is 29.9 Å². The summed E-state index contributed by atoms with van der Waals surface area (Å²) in [4.78, 5) is 0. The zero-order valence-corrected chi connectivity index (χ0v) is 10.7. The Balaban J connectivity index is 2.35. The van der Waals surface area contributed by atoms with Crippen molar-refractivity contribution in [3.8, 4) is 0 Å². The summed E-state index contributed by atoms with van der Waals surface area (Å²) in [6.45, 7) is 9.89. The van der Waals surface area contributed by atoms with Gasteiger partial charge in [0.1, 0.15) is 0 Å². The molecule has 1 aromatic rings. The van der Waals surface area contributed by atoms with Crippen LogP contribution in [0, 0.1) is 6.92 Å². The van der Waals surface area contributed by atoms with Crippen LogP contribution >= 0.6 is 0 Å². The van der Waals surface area contributed by atoms with Crippen molar-refractivity contribution in [1.82, 2.24) is 15.1 Å². The van der Waals surface area contributed by atoms with E-state index in [4.69, 9.17) is 0 Å². The Morgan fingerprint density at radius 1 is 1.31 bits per heavy atom. The van der Waals surface area contributed by atoms with Gasteiger partial charge in [0.15, 0.2) is 0 Å². The van der Waals surface area contributed by atoms with Crippen molar-refractivity contribution in [2.24, 2.45) is 0 Å². The highest BCUT2D eigenvalue weighted by Crippen LogP contribution is 2.30. The van der Waals surface area contributed by atoms with Crippen molar-refractivity contribution in [2.75, 3.05) is 13.1 Å². The Morgan fingerprint density at radius 2 is 2.00 bits per heavy atom. The molecular weight excluding hydrogens is 198 g/mol. The maximum absolute atomic E-state index is 4.67. The number of rotatable bonds is 3. The molecule has 0 atom stereocenters. The third-order valence-electron chi connectivity index (χ3n) is 3.67. The van der Waals surface area contributed by atoms with E-state index in [-0.39, 0.29) is 0 Å². The molecule has 0 spiro atoms. The predicted molar refractivity (Wildman–Crippen MR) is 66.9 cm³/mol. The van der Waals surface area contributed by atoms with Gasteiger partial charge in [0.2, 0.25) is 0 Å². The van der Waals surface area contributed by atoms with Crippen LogP contribution in [0.3, 0.4) is 0 Å². The van der Waals surface area contributed by atoms with Crippen LogP contribution in [0.15, 0.2) is 0 Å². The molecule has 1 N–H and O–H groups in total. The number of nitrogens with zero attached hydrogens (tertiary/aromatic N) is 2. The summed E-state index contributed by atoms with van der Waals surface area (Å²) < 4.78 is 2.23. The highest BCUT2D eigenvalue weighted by Gasteiger charge is 2.23. The van der Waals surface area contributed by atoms with E-state index in [2.05, 4.69) is 35.9 Å². The first-order chi connectivity index (χ1) is 7.77. The van der Waals surface area contributed by atoms with Gasteiger partial charge in [-0.3, -0.25) is 4.68 Å². The molecule has 1 aromatic heterocycles. The lowest BCUT2D eigenvalue weighted by Gasteiger charge is -2.24. The molecule has 2 heterocycles. The monoisotopic (exact) mass is 221 g/mol. The van der Waals surface area contributed by atoms with Crippen LogP contribution < -0.4 is 5.32 Å². The van der Waals surface area contributed by atoms with Crippen LogP contribution in [0.25, 0.3) is 0 Å². The lowest BCUT2D eigenvalue weighted by molar-refractivity contribution is 0.430. The van der Waals surface area contributed by atoms with Crippen molar-refractivity contribution in [3.05, 3.63) is 17.0 Å². The maximum atomic E-state index is 4.67. The largest absolute Gasteiger partial charge is 0.317 e. The molecule has 90 valence electrons. The summed E-state index contributed by atoms with van der Waals surface area (Å²) in [6.07, 6.45) is 3.64. The molecule has 3 heteroatoms. The van der Waals surface area contributed by atoms with Gasteiger partial charge in [0, 0.05) is 18.2 Å². The molecule has 3 nitrogen and oxygen atoms in total. The van der Waals surface area contributed by atoms with Crippen LogP contribution in [-0.4, -0.2) is 22.9 Å². The van der Waals surface area contributed by atoms with Gasteiger partial charge in [0.25, 0.3) is 0 Å². The van der Waals surface area contributed by atoms with Crippen LogP contribution in [0.1, 0.15) is 49.6 Å². The number of aromatic nitrogens is 2. The van der Waals surface area contributed by atoms with E-state index >= 15 is 0 Å². The Hall–Kier alpha value is -0.830. The first-order valence-electron chi connectivity index (χ1n) is 6.54. The molecule has 0 amide bonds. The van der Waals surface area contributed by atoms with Gasteiger partial charge in [-0.25, -0.2) is 0 Å². The fourth-order valence-electron chi connectivity index (χ4n) is 2.87. The summed E-state index contributed by atoms with van der Waals surface area (Å²) in [6, 6.07) is 0. The second-order valence-electron chi connectivity index (χ2n) is 4.64. The van der Waals surface area contributed by atoms with Crippen molar-refractivity contribution in [2.45, 2.75) is 52.5 Å². The third-order valence-corrected chi connectivity index (χ3v) is 3.67. The summed E-state index contributed by atoms with van der Waals surface area (Å²) in [5, 5.41) is 8.11. The molecule has 0 unspecified atom stereocenters. The molecule has 0 aromatic carbocycles. The van der Waals surface area contributed by atoms with Crippen LogP contribution in [0.2, 0.25) is 0 Å². The normalized spacial score (nSPS) is 17.9. The number of hydrogen-bond donors (Lipinski definition) is 1. The summed E-state index contributed by atoms with van der Waals surface area (Å²) in [5.41, 5.74) is 4.25. The lowest BCUT2D eigenvalue weighted by atomic mass is 9.90. The van der Waals surface area contributed by atoms with E-state index < -0.39 is 0 Å². The van der Waals surface area contributed by atoms with Crippen LogP contribution in [0.4, 0.5) is 0 Å². The van der Waals surface area contributed by atoms with Crippen molar-refractivity contribution in [3.63, 3.8) is 0 Å². The van der Waals surface area contributed by atoms with Crippen LogP contribution in [0.5, 0.6) is 0 Å². The number of aryl methyl sites for hydroxylation is 2. The fourth-order valence-corrected chi connectivity index (χ4v) is 2.87. The molecule has 1 aliphatic heterocycles. The van der Waals surface area contributed by atoms with E-state index in [0.29, 0.717) is 0 Å². The molecule has 1 saturated heterocycles. The standard InChI is InChI=1S/C13H23N3/c1-4-12-10(3)15-16(5-2)13(12)11-6-8-14-9-7-11/h11,14H,4-9H2,1-3H3. The highest BCUT2D eigenvalue weighted by atomic mass is 15.3. The summed E-state index contributed by atoms with van der Waals surface area (Å²) in [5.74, 6) is 0.720. The van der Waals surface area contributed by atoms with E-state index in [0.717, 1.165) is 32.0 Å². The molecule has 16 heavy (non-hydrogen) atoms. The second-order valence-corrected chi connectivity index (χ2v) is 4.64. The zero-order valence-electron chi connectivity index (χ0n) is 10.7. The number of nitrogens with one attached hydrogen (secondary N) is 1. The molecule has 1 aliphatic rings. The molecule has 0 saturated carbocycles. The van der Waals surface area contributed by atoms with Gasteiger partial charge >= 0.3 is 0 Å². The second kappa shape index (κ2) is 5.00. The van der Waals surface area contributed by atoms with E-state index in [9.17, 15) is 0 Å². The van der Waals surface area contributed by atoms with Gasteiger partial charge in [0.05, 0.1) is 5.69 Å². The lowest BCUT2D eigenvalue weighted by Crippen LogP contribution is -2.28. The third kappa shape index (κ3) is 2.01. The van der Waals surface area contributed by atoms with E-state index in [1.54, 1.807) is 0 Å². The molecular formula is C13H23N3. The van der Waals surface area contributed by atoms with Crippen molar-refractivity contribution >= 4 is 0 Å². The number of piperidine rings is 1. The molecule has 0 radical (unpaired) electrons. The maximum Gasteiger partial charge on any atom is 0.0628 e. The average Bonchev–Trinajstić information content (AvgIpc) is 2.66. The first kappa shape index (κ1) is 11.6. The average molecular weight is 221 g/mol. The highest BCUT2D eigenvalue weighted by molar-refractivity contribution is 5.29. The Kier molecular flexibility index (Phi) is 3.64. The van der Waals surface area contributed by atoms with Gasteiger partial charge in [-0.15, -0.1) is 0 Å². The first-order valence-corrected chi connectivity index (χ1v) is 6.54. The van der Waals surface area contributed by atoms with Crippen LogP contribution in [-0.2, 0) is 13.0 Å². The van der Waals surface area contributed by atoms with Gasteiger partial charge in [-0.1, -0.05) is 6.92 Å². The van der Waals surface area contributed by atoms with Crippen molar-refractivity contribution in [1.29, 1.82) is 0 Å². The van der Waals surface area contributed by atoms with E-state index in [1.165, 1.54) is 29.8 Å². The van der Waals surface area contributed by atoms with Gasteiger partial charge < -0.3 is 5.32 Å². The van der Waals surface area contributed by atoms with Gasteiger partial charge in [-0.05, 0) is 51.8 Å². The molecule has 1 fully saturated rings. The minimum Gasteiger partial charge on any atom is -0.317 e. The fraction of sp³-hybridized carbons (Fsp3) is 0.769. The van der Waals surface area contributed by atoms with Gasteiger partial charge in [-0.2, -0.15) is 5.10 Å². The Labute approximate surface area is 98.2 Å². The molecule has 0 bridgehead atoms. The Morgan fingerprint density at radius 3 is 2.56 bits per heavy atom. The zero-order chi connectivity index (χ0) is 11.5. The van der Waals surface area contributed by atoms with E-state index in [1.807, 2.05) is 0 Å². The molecule has 0 aliphatic carbocycles. The smallest absolute Gasteiger partial charge is 0.0628 e. The Bertz CT molecular complexity index is 348. The molecule has 2 rings (SSSR count). The minimum atomic E-state index is 0.720. The summed E-state index contributed by atoms with van der Waals surface area (Å²) in [7, 11) is 0. The quantitative estimate of drug-likeness (QED) is 0.848. The minimum absolute atomic E-state index is 0.720. The predicted octanol–water partition coefficient (Wildman–Crippen LogP) is 2.24. The van der Waals surface area contributed by atoms with Crippen molar-refractivity contribution < 1.29 is 0 Å². The summed E-state index contributed by atoms with van der Waals surface area (Å²) >= 11 is 0. The number of hydrogen-bond acceptors (Lipinski definition) is 2. The SMILES string of the molecule is CCc1c(C)nn(CC)c1C1CCNCC1.